The smallest absolute Gasteiger partial charge is 0.417 e. The molecule has 0 aromatic carbocycles. The van der Waals surface area contributed by atoms with E-state index in [1.54, 1.807) is 13.0 Å². The van der Waals surface area contributed by atoms with E-state index in [2.05, 4.69) is 20.0 Å². The highest BCUT2D eigenvalue weighted by molar-refractivity contribution is 6.32. The van der Waals surface area contributed by atoms with Gasteiger partial charge in [-0.2, -0.15) is 18.4 Å². The van der Waals surface area contributed by atoms with E-state index >= 15 is 0 Å². The zero-order valence-corrected chi connectivity index (χ0v) is 14.8. The molecule has 2 amide bonds. The molecule has 0 aliphatic carbocycles. The number of nitriles is 1. The molecule has 27 heavy (non-hydrogen) atoms. The fraction of sp³-hybridized carbons (Fsp3) is 0.400. The van der Waals surface area contributed by atoms with E-state index in [0.717, 1.165) is 12.3 Å². The highest BCUT2D eigenvalue weighted by Gasteiger charge is 2.31. The van der Waals surface area contributed by atoms with Crippen molar-refractivity contribution < 1.29 is 27.5 Å². The summed E-state index contributed by atoms with van der Waals surface area (Å²) in [5, 5.41) is 13.3. The Morgan fingerprint density at radius 1 is 1.52 bits per heavy atom. The van der Waals surface area contributed by atoms with Crippen molar-refractivity contribution in [1.82, 2.24) is 10.3 Å². The van der Waals surface area contributed by atoms with Gasteiger partial charge in [0.2, 0.25) is 0 Å². The maximum atomic E-state index is 12.5. The second kappa shape index (κ2) is 10.3. The minimum absolute atomic E-state index is 0.0387. The number of nitrogens with one attached hydrogen (secondary N) is 2. The van der Waals surface area contributed by atoms with Gasteiger partial charge < -0.3 is 10.1 Å². The van der Waals surface area contributed by atoms with Gasteiger partial charge in [-0.25, -0.2) is 9.78 Å². The minimum Gasteiger partial charge on any atom is -0.450 e. The minimum atomic E-state index is -4.55. The molecule has 0 radical (unpaired) electrons. The van der Waals surface area contributed by atoms with Crippen LogP contribution in [0.2, 0.25) is 5.02 Å². The fourth-order valence-corrected chi connectivity index (χ4v) is 1.88. The van der Waals surface area contributed by atoms with Gasteiger partial charge in [0.25, 0.3) is 5.91 Å². The van der Waals surface area contributed by atoms with E-state index in [1.807, 2.05) is 5.32 Å². The average Bonchev–Trinajstić information content (AvgIpc) is 2.58. The summed E-state index contributed by atoms with van der Waals surface area (Å²) in [6, 6.07) is 2.40. The molecule has 0 fully saturated rings. The highest BCUT2D eigenvalue weighted by atomic mass is 35.5. The van der Waals surface area contributed by atoms with Gasteiger partial charge in [-0.3, -0.25) is 15.1 Å². The number of nitrogens with zero attached hydrogens (tertiary/aromatic N) is 3. The molecule has 1 atom stereocenters. The Kier molecular flexibility index (Phi) is 8.47. The number of rotatable bonds is 7. The first kappa shape index (κ1) is 22.2. The molecule has 1 aromatic rings. The summed E-state index contributed by atoms with van der Waals surface area (Å²) in [5.41, 5.74) is -0.972. The molecule has 12 heteroatoms. The predicted octanol–water partition coefficient (Wildman–Crippen LogP) is 2.65. The largest absolute Gasteiger partial charge is 0.450 e. The summed E-state index contributed by atoms with van der Waals surface area (Å²) in [6.07, 6.45) is -3.84. The van der Waals surface area contributed by atoms with Crippen LogP contribution < -0.4 is 10.6 Å². The van der Waals surface area contributed by atoms with E-state index in [9.17, 15) is 22.8 Å². The van der Waals surface area contributed by atoms with Crippen molar-refractivity contribution in [2.24, 2.45) is 10.9 Å². The molecule has 8 nitrogen and oxygen atoms in total. The Morgan fingerprint density at radius 3 is 2.78 bits per heavy atom. The summed E-state index contributed by atoms with van der Waals surface area (Å²) in [6.45, 7) is 1.82. The lowest BCUT2D eigenvalue weighted by molar-refractivity contribution is -0.137. The molecule has 146 valence electrons. The van der Waals surface area contributed by atoms with Crippen molar-refractivity contribution in [3.63, 3.8) is 0 Å². The van der Waals surface area contributed by atoms with Crippen LogP contribution in [0, 0.1) is 17.2 Å². The van der Waals surface area contributed by atoms with E-state index in [4.69, 9.17) is 16.9 Å². The maximum Gasteiger partial charge on any atom is 0.417 e. The lowest BCUT2D eigenvalue weighted by atomic mass is 10.2. The van der Waals surface area contributed by atoms with Crippen molar-refractivity contribution in [3.05, 3.63) is 22.8 Å². The summed E-state index contributed by atoms with van der Waals surface area (Å²) in [7, 11) is 0. The lowest BCUT2D eigenvalue weighted by Crippen LogP contribution is -2.36. The van der Waals surface area contributed by atoms with Crippen LogP contribution in [0.5, 0.6) is 0 Å². The quantitative estimate of drug-likeness (QED) is 0.532. The average molecular weight is 406 g/mol. The first-order valence-electron chi connectivity index (χ1n) is 7.52. The number of amides is 2. The number of hydrogen-bond donors (Lipinski definition) is 2. The number of halogens is 4. The molecule has 1 heterocycles. The summed E-state index contributed by atoms with van der Waals surface area (Å²) in [4.78, 5) is 30.2. The van der Waals surface area contributed by atoms with Crippen molar-refractivity contribution in [2.45, 2.75) is 13.1 Å². The monoisotopic (exact) mass is 405 g/mol. The molecule has 0 saturated carbocycles. The number of carbonyl (C=O) groups excluding carboxylic acids is 2. The van der Waals surface area contributed by atoms with Gasteiger partial charge in [-0.05, 0) is 13.0 Å². The first-order chi connectivity index (χ1) is 12.7. The van der Waals surface area contributed by atoms with Crippen molar-refractivity contribution in [2.75, 3.05) is 25.0 Å². The van der Waals surface area contributed by atoms with E-state index in [-0.39, 0.29) is 30.5 Å². The van der Waals surface area contributed by atoms with E-state index in [0.29, 0.717) is 6.20 Å². The standard InChI is InChI=1S/C15H15ClF3N5O3/c1-2-27-14(26)24-13(25)9(6-20)7-21-3-4-22-12-11(16)5-10(8-23-12)15(17,18)19/h5,7-9H,2-4H2,1H3,(H,22,23)(H,24,25,26)/t9-/m0/s1. The normalized spacial score (nSPS) is 12.3. The van der Waals surface area contributed by atoms with Crippen LogP contribution in [0.4, 0.5) is 23.8 Å². The van der Waals surface area contributed by atoms with Crippen molar-refractivity contribution in [1.29, 1.82) is 5.26 Å². The Hall–Kier alpha value is -2.87. The SMILES string of the molecule is CCOC(=O)NC(=O)[C@@H](C#N)C=NCCNc1ncc(C(F)(F)F)cc1Cl. The number of anilines is 1. The molecule has 0 saturated heterocycles. The maximum absolute atomic E-state index is 12.5. The molecule has 1 aromatic heterocycles. The number of aliphatic imine (C=N–C) groups is 1. The molecule has 0 bridgehead atoms. The Labute approximate surface area is 157 Å². The van der Waals surface area contributed by atoms with Crippen LogP contribution in [0.1, 0.15) is 12.5 Å². The fourth-order valence-electron chi connectivity index (χ4n) is 1.65. The molecular formula is C15H15ClF3N5O3. The molecule has 1 rings (SSSR count). The molecular weight excluding hydrogens is 391 g/mol. The third-order valence-corrected chi connectivity index (χ3v) is 3.17. The van der Waals surface area contributed by atoms with Crippen LogP contribution in [0.15, 0.2) is 17.3 Å². The Bertz CT molecular complexity index is 749. The number of alkyl halides is 3. The Balaban J connectivity index is 2.51. The zero-order chi connectivity index (χ0) is 20.4. The van der Waals surface area contributed by atoms with Gasteiger partial charge in [0, 0.05) is 19.0 Å². The first-order valence-corrected chi connectivity index (χ1v) is 7.90. The number of hydrogen-bond acceptors (Lipinski definition) is 7. The van der Waals surface area contributed by atoms with Gasteiger partial charge in [0.05, 0.1) is 29.8 Å². The number of alkyl carbamates (subject to hydrolysis) is 1. The summed E-state index contributed by atoms with van der Waals surface area (Å²) in [5.74, 6) is -2.15. The molecule has 2 N–H and O–H groups in total. The number of carbonyl (C=O) groups is 2. The predicted molar refractivity (Wildman–Crippen MR) is 90.4 cm³/mol. The summed E-state index contributed by atoms with van der Waals surface area (Å²) >= 11 is 5.73. The topological polar surface area (TPSA) is 116 Å². The van der Waals surface area contributed by atoms with Crippen LogP contribution >= 0.6 is 11.6 Å². The van der Waals surface area contributed by atoms with Gasteiger partial charge in [-0.1, -0.05) is 11.6 Å². The van der Waals surface area contributed by atoms with Gasteiger partial charge in [0.1, 0.15) is 5.82 Å². The van der Waals surface area contributed by atoms with Gasteiger partial charge in [0.15, 0.2) is 5.92 Å². The Morgan fingerprint density at radius 2 is 2.22 bits per heavy atom. The van der Waals surface area contributed by atoms with Crippen LogP contribution in [-0.4, -0.2) is 42.9 Å². The third kappa shape index (κ3) is 7.49. The molecule has 0 unspecified atom stereocenters. The van der Waals surface area contributed by atoms with Crippen LogP contribution in [0.3, 0.4) is 0 Å². The second-order valence-corrected chi connectivity index (χ2v) is 5.26. The molecule has 0 aliphatic rings. The van der Waals surface area contributed by atoms with Crippen molar-refractivity contribution >= 4 is 35.6 Å². The molecule has 0 spiro atoms. The number of aromatic nitrogens is 1. The lowest BCUT2D eigenvalue weighted by Gasteiger charge is -2.10. The van der Waals surface area contributed by atoms with Crippen molar-refractivity contribution in [3.8, 4) is 6.07 Å². The second-order valence-electron chi connectivity index (χ2n) is 4.85. The molecule has 0 aliphatic heterocycles. The number of imide groups is 1. The van der Waals surface area contributed by atoms with E-state index in [1.165, 1.54) is 0 Å². The van der Waals surface area contributed by atoms with E-state index < -0.39 is 29.7 Å². The zero-order valence-electron chi connectivity index (χ0n) is 14.0. The van der Waals surface area contributed by atoms with Crippen LogP contribution in [-0.2, 0) is 15.7 Å². The van der Waals surface area contributed by atoms with Gasteiger partial charge >= 0.3 is 12.3 Å². The number of pyridine rings is 1. The van der Waals surface area contributed by atoms with Gasteiger partial charge in [-0.15, -0.1) is 0 Å². The third-order valence-electron chi connectivity index (χ3n) is 2.88. The number of ether oxygens (including phenoxy) is 1. The summed E-state index contributed by atoms with van der Waals surface area (Å²) < 4.78 is 42.1. The highest BCUT2D eigenvalue weighted by Crippen LogP contribution is 2.32. The van der Waals surface area contributed by atoms with Crippen LogP contribution in [0.25, 0.3) is 0 Å².